The number of nitrogens with one attached hydrogen (secondary N) is 1. The molecule has 1 aromatic rings. The Hall–Kier alpha value is -1.56. The van der Waals surface area contributed by atoms with Gasteiger partial charge in [-0.15, -0.1) is 0 Å². The van der Waals surface area contributed by atoms with Crippen LogP contribution < -0.4 is 5.32 Å². The van der Waals surface area contributed by atoms with Crippen molar-refractivity contribution in [2.45, 2.75) is 45.9 Å². The summed E-state index contributed by atoms with van der Waals surface area (Å²) in [6.07, 6.45) is 5.43. The van der Waals surface area contributed by atoms with Crippen LogP contribution in [0.25, 0.3) is 0 Å². The molecule has 2 rings (SSSR count). The molecule has 0 aliphatic heterocycles. The summed E-state index contributed by atoms with van der Waals surface area (Å²) in [4.78, 5) is 17.8. The Kier molecular flexibility index (Phi) is 5.22. The molecule has 1 saturated carbocycles. The van der Waals surface area contributed by atoms with Crippen molar-refractivity contribution in [3.05, 3.63) is 18.2 Å². The van der Waals surface area contributed by atoms with Crippen molar-refractivity contribution in [3.63, 3.8) is 0 Å². The van der Waals surface area contributed by atoms with E-state index in [1.54, 1.807) is 18.1 Å². The van der Waals surface area contributed by atoms with Gasteiger partial charge in [0, 0.05) is 32.5 Å². The number of urea groups is 1. The number of imidazole rings is 1. The molecule has 2 N–H and O–H groups in total. The van der Waals surface area contributed by atoms with Crippen molar-refractivity contribution < 1.29 is 9.90 Å². The predicted octanol–water partition coefficient (Wildman–Crippen LogP) is 1.45. The molecule has 1 aliphatic rings. The molecule has 21 heavy (non-hydrogen) atoms. The lowest BCUT2D eigenvalue weighted by atomic mass is 10.2. The van der Waals surface area contributed by atoms with Gasteiger partial charge < -0.3 is 19.9 Å². The molecule has 6 nitrogen and oxygen atoms in total. The quantitative estimate of drug-likeness (QED) is 0.799. The molecule has 1 heterocycles. The number of aliphatic hydroxyl groups is 1. The molecule has 118 valence electrons. The first-order valence-electron chi connectivity index (χ1n) is 7.64. The van der Waals surface area contributed by atoms with Gasteiger partial charge in [-0.2, -0.15) is 0 Å². The summed E-state index contributed by atoms with van der Waals surface area (Å²) < 4.78 is 2.06. The minimum absolute atomic E-state index is 0.172. The standard InChI is InChI=1S/C15H26N4O2/c1-11(2)9-19-7-6-16-14(19)8-17-15(21)18(3)10-13(20)12-4-5-12/h6-7,11-13,20H,4-5,8-10H2,1-3H3,(H,17,21). The molecule has 1 fully saturated rings. The van der Waals surface area contributed by atoms with E-state index < -0.39 is 6.10 Å². The van der Waals surface area contributed by atoms with Gasteiger partial charge in [-0.3, -0.25) is 0 Å². The number of rotatable bonds is 7. The number of carbonyl (C=O) groups is 1. The highest BCUT2D eigenvalue weighted by atomic mass is 16.3. The van der Waals surface area contributed by atoms with Crippen molar-refractivity contribution in [1.29, 1.82) is 0 Å². The fourth-order valence-electron chi connectivity index (χ4n) is 2.35. The maximum atomic E-state index is 12.0. The molecular weight excluding hydrogens is 268 g/mol. The van der Waals surface area contributed by atoms with Gasteiger partial charge in [0.2, 0.25) is 0 Å². The average molecular weight is 294 g/mol. The number of likely N-dealkylation sites (N-methyl/N-ethyl adjacent to an activating group) is 1. The minimum Gasteiger partial charge on any atom is -0.391 e. The number of aliphatic hydroxyl groups excluding tert-OH is 1. The monoisotopic (exact) mass is 294 g/mol. The molecule has 0 spiro atoms. The normalized spacial score (nSPS) is 16.0. The molecule has 0 saturated heterocycles. The summed E-state index contributed by atoms with van der Waals surface area (Å²) in [5.74, 6) is 1.77. The van der Waals surface area contributed by atoms with Gasteiger partial charge in [-0.1, -0.05) is 13.8 Å². The van der Waals surface area contributed by atoms with Gasteiger partial charge in [-0.25, -0.2) is 9.78 Å². The van der Waals surface area contributed by atoms with Gasteiger partial charge in [-0.05, 0) is 24.7 Å². The van der Waals surface area contributed by atoms with Crippen molar-refractivity contribution in [2.24, 2.45) is 11.8 Å². The molecule has 0 radical (unpaired) electrons. The Labute approximate surface area is 126 Å². The first-order chi connectivity index (χ1) is 9.97. The number of aromatic nitrogens is 2. The van der Waals surface area contributed by atoms with E-state index in [2.05, 4.69) is 28.7 Å². The molecule has 0 bridgehead atoms. The first kappa shape index (κ1) is 15.8. The van der Waals surface area contributed by atoms with Gasteiger partial charge >= 0.3 is 6.03 Å². The smallest absolute Gasteiger partial charge is 0.317 e. The highest BCUT2D eigenvalue weighted by Crippen LogP contribution is 2.32. The third kappa shape index (κ3) is 4.74. The van der Waals surface area contributed by atoms with Crippen LogP contribution in [0.1, 0.15) is 32.5 Å². The van der Waals surface area contributed by atoms with Gasteiger partial charge in [0.05, 0.1) is 12.6 Å². The summed E-state index contributed by atoms with van der Waals surface area (Å²) in [6, 6.07) is -0.172. The SMILES string of the molecule is CC(C)Cn1ccnc1CNC(=O)N(C)CC(O)C1CC1. The van der Waals surface area contributed by atoms with E-state index in [9.17, 15) is 9.90 Å². The summed E-state index contributed by atoms with van der Waals surface area (Å²) in [6.45, 7) is 5.98. The number of hydrogen-bond donors (Lipinski definition) is 2. The fraction of sp³-hybridized carbons (Fsp3) is 0.733. The topological polar surface area (TPSA) is 70.4 Å². The zero-order valence-corrected chi connectivity index (χ0v) is 13.1. The van der Waals surface area contributed by atoms with E-state index >= 15 is 0 Å². The van der Waals surface area contributed by atoms with Crippen LogP contribution in [-0.4, -0.2) is 45.3 Å². The predicted molar refractivity (Wildman–Crippen MR) is 80.7 cm³/mol. The van der Waals surface area contributed by atoms with Crippen LogP contribution in [0, 0.1) is 11.8 Å². The Morgan fingerprint density at radius 2 is 2.29 bits per heavy atom. The molecule has 1 unspecified atom stereocenters. The highest BCUT2D eigenvalue weighted by molar-refractivity contribution is 5.73. The number of hydrogen-bond acceptors (Lipinski definition) is 3. The van der Waals surface area contributed by atoms with Crippen molar-refractivity contribution in [2.75, 3.05) is 13.6 Å². The second-order valence-electron chi connectivity index (χ2n) is 6.33. The van der Waals surface area contributed by atoms with Crippen molar-refractivity contribution in [1.82, 2.24) is 19.8 Å². The second kappa shape index (κ2) is 6.93. The minimum atomic E-state index is -0.399. The van der Waals surface area contributed by atoms with Crippen LogP contribution in [-0.2, 0) is 13.1 Å². The van der Waals surface area contributed by atoms with Crippen LogP contribution >= 0.6 is 0 Å². The van der Waals surface area contributed by atoms with Gasteiger partial charge in [0.1, 0.15) is 5.82 Å². The Morgan fingerprint density at radius 1 is 1.57 bits per heavy atom. The summed E-state index contributed by atoms with van der Waals surface area (Å²) in [5, 5.41) is 12.7. The molecule has 1 aliphatic carbocycles. The van der Waals surface area contributed by atoms with E-state index in [0.717, 1.165) is 25.2 Å². The van der Waals surface area contributed by atoms with Crippen molar-refractivity contribution >= 4 is 6.03 Å². The van der Waals surface area contributed by atoms with Gasteiger partial charge in [0.25, 0.3) is 0 Å². The largest absolute Gasteiger partial charge is 0.391 e. The maximum Gasteiger partial charge on any atom is 0.317 e. The lowest BCUT2D eigenvalue weighted by Gasteiger charge is -2.21. The van der Waals surface area contributed by atoms with Crippen molar-refractivity contribution in [3.8, 4) is 0 Å². The molecule has 2 amide bonds. The Morgan fingerprint density at radius 3 is 2.90 bits per heavy atom. The van der Waals surface area contributed by atoms with Crippen LogP contribution in [0.3, 0.4) is 0 Å². The molecule has 6 heteroatoms. The molecule has 0 aromatic carbocycles. The second-order valence-corrected chi connectivity index (χ2v) is 6.33. The lowest BCUT2D eigenvalue weighted by molar-refractivity contribution is 0.113. The fourth-order valence-corrected chi connectivity index (χ4v) is 2.35. The molecule has 1 atom stereocenters. The summed E-state index contributed by atoms with van der Waals surface area (Å²) >= 11 is 0. The summed E-state index contributed by atoms with van der Waals surface area (Å²) in [5.41, 5.74) is 0. The van der Waals surface area contributed by atoms with E-state index in [4.69, 9.17) is 0 Å². The number of carbonyl (C=O) groups excluding carboxylic acids is 1. The average Bonchev–Trinajstić information content (AvgIpc) is 3.18. The maximum absolute atomic E-state index is 12.0. The third-order valence-electron chi connectivity index (χ3n) is 3.74. The van der Waals surface area contributed by atoms with E-state index in [0.29, 0.717) is 24.9 Å². The number of nitrogens with zero attached hydrogens (tertiary/aromatic N) is 3. The van der Waals surface area contributed by atoms with Crippen LogP contribution in [0.4, 0.5) is 4.79 Å². The van der Waals surface area contributed by atoms with Gasteiger partial charge in [0.15, 0.2) is 0 Å². The first-order valence-corrected chi connectivity index (χ1v) is 7.64. The van der Waals surface area contributed by atoms with Crippen LogP contribution in [0.5, 0.6) is 0 Å². The van der Waals surface area contributed by atoms with Crippen LogP contribution in [0.2, 0.25) is 0 Å². The number of amides is 2. The van der Waals surface area contributed by atoms with Crippen LogP contribution in [0.15, 0.2) is 12.4 Å². The Balaban J connectivity index is 1.78. The molecular formula is C15H26N4O2. The third-order valence-corrected chi connectivity index (χ3v) is 3.74. The van der Waals surface area contributed by atoms with E-state index in [-0.39, 0.29) is 6.03 Å². The zero-order valence-electron chi connectivity index (χ0n) is 13.1. The Bertz CT molecular complexity index is 468. The molecule has 1 aromatic heterocycles. The van der Waals surface area contributed by atoms with E-state index in [1.165, 1.54) is 0 Å². The van der Waals surface area contributed by atoms with E-state index in [1.807, 2.05) is 6.20 Å². The zero-order chi connectivity index (χ0) is 15.4. The summed E-state index contributed by atoms with van der Waals surface area (Å²) in [7, 11) is 1.71. The lowest BCUT2D eigenvalue weighted by Crippen LogP contribution is -2.41. The highest BCUT2D eigenvalue weighted by Gasteiger charge is 2.31.